The van der Waals surface area contributed by atoms with Crippen LogP contribution in [0.4, 0.5) is 5.69 Å². The third kappa shape index (κ3) is 4.72. The molecule has 1 rings (SSSR count). The Morgan fingerprint density at radius 3 is 2.60 bits per heavy atom. The Kier molecular flexibility index (Phi) is 5.20. The molecule has 0 fully saturated rings. The smallest absolute Gasteiger partial charge is 0.303 e. The van der Waals surface area contributed by atoms with Crippen LogP contribution in [0.25, 0.3) is 0 Å². The fourth-order valence-electron chi connectivity index (χ4n) is 0.948. The minimum absolute atomic E-state index is 0.0250. The van der Waals surface area contributed by atoms with Crippen molar-refractivity contribution in [1.29, 1.82) is 0 Å². The first kappa shape index (κ1) is 12.6. The molecule has 5 nitrogen and oxygen atoms in total. The highest BCUT2D eigenvalue weighted by Gasteiger charge is 2.00. The van der Waals surface area contributed by atoms with E-state index in [1.807, 2.05) is 12.1 Å². The Bertz CT molecular complexity index is 331. The average molecular weight is 295 g/mol. The van der Waals surface area contributed by atoms with E-state index in [9.17, 15) is 4.21 Å². The number of nitrogens with two attached hydrogens (primary N) is 1. The van der Waals surface area contributed by atoms with Crippen LogP contribution >= 0.6 is 15.9 Å². The maximum Gasteiger partial charge on any atom is 0.303 e. The summed E-state index contributed by atoms with van der Waals surface area (Å²) >= 11 is 0.997. The van der Waals surface area contributed by atoms with Crippen LogP contribution in [0.2, 0.25) is 0 Å². The van der Waals surface area contributed by atoms with Gasteiger partial charge in [0.2, 0.25) is 0 Å². The lowest BCUT2D eigenvalue weighted by Gasteiger charge is -2.07. The lowest BCUT2D eigenvalue weighted by atomic mass is 10.2. The Balaban J connectivity index is 2.46. The second-order valence-electron chi connectivity index (χ2n) is 2.68. The summed E-state index contributed by atoms with van der Waals surface area (Å²) in [4.78, 5) is -0.187. The summed E-state index contributed by atoms with van der Waals surface area (Å²) < 4.78 is 22.9. The Hall–Kier alpha value is -0.470. The predicted octanol–water partition coefficient (Wildman–Crippen LogP) is 1.56. The molecule has 1 aromatic carbocycles. The molecule has 0 bridgehead atoms. The van der Waals surface area contributed by atoms with E-state index < -0.39 is 11.4 Å². The van der Waals surface area contributed by atoms with Gasteiger partial charge in [0.25, 0.3) is 0 Å². The molecule has 84 valence electrons. The van der Waals surface area contributed by atoms with Gasteiger partial charge in [0.15, 0.2) is 0 Å². The van der Waals surface area contributed by atoms with Crippen molar-refractivity contribution in [3.05, 3.63) is 29.8 Å². The van der Waals surface area contributed by atoms with Crippen molar-refractivity contribution in [1.82, 2.24) is 0 Å². The summed E-state index contributed by atoms with van der Waals surface area (Å²) in [5, 5.41) is 2.81. The standard InChI is InChI=1S/C8H11BrN2O3S/c9-8(10)6-1-3-7(4-2-6)11-5-14-15(12)13/h1-4,8,11H,5,10H2,(H,12,13). The molecule has 0 radical (unpaired) electrons. The average Bonchev–Trinajstić information content (AvgIpc) is 2.18. The zero-order chi connectivity index (χ0) is 11.3. The fraction of sp³-hybridized carbons (Fsp3) is 0.250. The lowest BCUT2D eigenvalue weighted by molar-refractivity contribution is 0.330. The highest BCUT2D eigenvalue weighted by molar-refractivity contribution is 9.09. The maximum atomic E-state index is 10.2. The van der Waals surface area contributed by atoms with E-state index in [0.717, 1.165) is 11.3 Å². The van der Waals surface area contributed by atoms with Crippen molar-refractivity contribution >= 4 is 33.0 Å². The minimum Gasteiger partial charge on any atom is -0.362 e. The van der Waals surface area contributed by atoms with Crippen molar-refractivity contribution < 1.29 is 12.9 Å². The van der Waals surface area contributed by atoms with Gasteiger partial charge in [-0.3, -0.25) is 4.55 Å². The van der Waals surface area contributed by atoms with E-state index in [2.05, 4.69) is 25.4 Å². The number of halogens is 1. The first-order valence-corrected chi connectivity index (χ1v) is 6.02. The normalized spacial score (nSPS) is 14.6. The molecule has 0 aliphatic heterocycles. The molecule has 0 aliphatic rings. The monoisotopic (exact) mass is 294 g/mol. The molecular weight excluding hydrogens is 284 g/mol. The number of rotatable bonds is 5. The predicted molar refractivity (Wildman–Crippen MR) is 62.6 cm³/mol. The van der Waals surface area contributed by atoms with E-state index in [0.29, 0.717) is 0 Å². The molecule has 2 atom stereocenters. The van der Waals surface area contributed by atoms with Crippen LogP contribution in [-0.4, -0.2) is 15.5 Å². The molecular formula is C8H11BrN2O3S. The van der Waals surface area contributed by atoms with Crippen LogP contribution in [-0.2, 0) is 15.5 Å². The second-order valence-corrected chi connectivity index (χ2v) is 4.34. The summed E-state index contributed by atoms with van der Waals surface area (Å²) in [7, 11) is 0. The van der Waals surface area contributed by atoms with Gasteiger partial charge in [-0.1, -0.05) is 28.1 Å². The molecule has 0 heterocycles. The highest BCUT2D eigenvalue weighted by Crippen LogP contribution is 2.18. The van der Waals surface area contributed by atoms with Crippen LogP contribution in [0.5, 0.6) is 0 Å². The summed E-state index contributed by atoms with van der Waals surface area (Å²) in [5.74, 6) is 0. The Morgan fingerprint density at radius 1 is 1.53 bits per heavy atom. The lowest BCUT2D eigenvalue weighted by Crippen LogP contribution is -2.07. The van der Waals surface area contributed by atoms with E-state index in [1.165, 1.54) is 0 Å². The number of anilines is 1. The van der Waals surface area contributed by atoms with Gasteiger partial charge in [0, 0.05) is 5.69 Å². The minimum atomic E-state index is -2.24. The van der Waals surface area contributed by atoms with Gasteiger partial charge >= 0.3 is 11.4 Å². The SMILES string of the molecule is NC(Br)c1ccc(NCOS(=O)O)cc1. The van der Waals surface area contributed by atoms with Gasteiger partial charge in [-0.05, 0) is 17.7 Å². The van der Waals surface area contributed by atoms with Crippen LogP contribution in [0.3, 0.4) is 0 Å². The molecule has 0 saturated heterocycles. The highest BCUT2D eigenvalue weighted by atomic mass is 79.9. The molecule has 1 aromatic rings. The van der Waals surface area contributed by atoms with Gasteiger partial charge in [-0.2, -0.15) is 4.21 Å². The number of alkyl halides is 1. The molecule has 0 aliphatic carbocycles. The second kappa shape index (κ2) is 6.19. The van der Waals surface area contributed by atoms with Gasteiger partial charge in [0.1, 0.15) is 6.73 Å². The van der Waals surface area contributed by atoms with Crippen LogP contribution < -0.4 is 11.1 Å². The quantitative estimate of drug-likeness (QED) is 0.332. The topological polar surface area (TPSA) is 84.6 Å². The van der Waals surface area contributed by atoms with Crippen molar-refractivity contribution in [2.45, 2.75) is 4.95 Å². The summed E-state index contributed by atoms with van der Waals surface area (Å²) in [6, 6.07) is 7.30. The summed E-state index contributed by atoms with van der Waals surface area (Å²) in [6.07, 6.45) is 0. The van der Waals surface area contributed by atoms with Crippen LogP contribution in [0.15, 0.2) is 24.3 Å². The molecule has 7 heteroatoms. The molecule has 0 amide bonds. The number of benzene rings is 1. The number of hydrogen-bond acceptors (Lipinski definition) is 4. The summed E-state index contributed by atoms with van der Waals surface area (Å²) in [5.41, 5.74) is 7.34. The first-order chi connectivity index (χ1) is 7.09. The molecule has 2 unspecified atom stereocenters. The van der Waals surface area contributed by atoms with E-state index in [-0.39, 0.29) is 11.7 Å². The fourth-order valence-corrected chi connectivity index (χ4v) is 1.41. The van der Waals surface area contributed by atoms with Crippen LogP contribution in [0, 0.1) is 0 Å². The van der Waals surface area contributed by atoms with Gasteiger partial charge in [-0.15, -0.1) is 0 Å². The van der Waals surface area contributed by atoms with Crippen molar-refractivity contribution in [3.8, 4) is 0 Å². The molecule has 0 aromatic heterocycles. The molecule has 4 N–H and O–H groups in total. The maximum absolute atomic E-state index is 10.2. The van der Waals surface area contributed by atoms with E-state index >= 15 is 0 Å². The third-order valence-electron chi connectivity index (χ3n) is 1.67. The van der Waals surface area contributed by atoms with Gasteiger partial charge in [-0.25, -0.2) is 4.18 Å². The van der Waals surface area contributed by atoms with Crippen molar-refractivity contribution in [2.75, 3.05) is 12.0 Å². The first-order valence-electron chi connectivity index (χ1n) is 4.07. The van der Waals surface area contributed by atoms with Crippen molar-refractivity contribution in [3.63, 3.8) is 0 Å². The Labute approximate surface area is 98.6 Å². The van der Waals surface area contributed by atoms with E-state index in [1.54, 1.807) is 12.1 Å². The zero-order valence-corrected chi connectivity index (χ0v) is 10.1. The molecule has 15 heavy (non-hydrogen) atoms. The number of nitrogens with one attached hydrogen (secondary N) is 1. The summed E-state index contributed by atoms with van der Waals surface area (Å²) in [6.45, 7) is -0.0250. The third-order valence-corrected chi connectivity index (χ3v) is 2.51. The molecule has 0 saturated carbocycles. The van der Waals surface area contributed by atoms with Crippen LogP contribution in [0.1, 0.15) is 10.5 Å². The van der Waals surface area contributed by atoms with Crippen molar-refractivity contribution in [2.24, 2.45) is 5.73 Å². The number of hydrogen-bond donors (Lipinski definition) is 3. The van der Waals surface area contributed by atoms with E-state index in [4.69, 9.17) is 10.3 Å². The zero-order valence-electron chi connectivity index (χ0n) is 7.72. The Morgan fingerprint density at radius 2 is 2.13 bits per heavy atom. The van der Waals surface area contributed by atoms with Gasteiger partial charge < -0.3 is 11.1 Å². The molecule has 0 spiro atoms. The van der Waals surface area contributed by atoms with Gasteiger partial charge in [0.05, 0.1) is 4.95 Å². The largest absolute Gasteiger partial charge is 0.362 e.